The van der Waals surface area contributed by atoms with Crippen LogP contribution in [-0.4, -0.2) is 28.6 Å². The Morgan fingerprint density at radius 3 is 2.87 bits per heavy atom. The Balaban J connectivity index is 1.55. The molecule has 23 heavy (non-hydrogen) atoms. The highest BCUT2D eigenvalue weighted by Crippen LogP contribution is 2.39. The molecular formula is C17H18N4O2. The fourth-order valence-electron chi connectivity index (χ4n) is 2.96. The number of aromatic amines is 1. The number of hydrogen-bond donors (Lipinski definition) is 2. The average molecular weight is 310 g/mol. The van der Waals surface area contributed by atoms with Crippen LogP contribution in [0.25, 0.3) is 0 Å². The number of carbonyl (C=O) groups is 2. The molecule has 1 aromatic carbocycles. The Morgan fingerprint density at radius 1 is 1.30 bits per heavy atom. The number of para-hydroxylation sites is 2. The average Bonchev–Trinajstić information content (AvgIpc) is 3.13. The van der Waals surface area contributed by atoms with E-state index in [0.29, 0.717) is 30.3 Å². The van der Waals surface area contributed by atoms with Gasteiger partial charge in [0.05, 0.1) is 11.4 Å². The molecule has 2 heterocycles. The molecule has 2 fully saturated rings. The Bertz CT molecular complexity index is 763. The van der Waals surface area contributed by atoms with E-state index in [2.05, 4.69) is 15.5 Å². The summed E-state index contributed by atoms with van der Waals surface area (Å²) >= 11 is 0. The topological polar surface area (TPSA) is 78.1 Å². The summed E-state index contributed by atoms with van der Waals surface area (Å²) in [6, 6.07) is 9.21. The minimum atomic E-state index is -0.257. The number of H-pyrrole nitrogens is 1. The van der Waals surface area contributed by atoms with E-state index >= 15 is 0 Å². The number of benzene rings is 1. The third-order valence-corrected chi connectivity index (χ3v) is 4.36. The second-order valence-electron chi connectivity index (χ2n) is 6.10. The van der Waals surface area contributed by atoms with Crippen LogP contribution in [0.4, 0.5) is 11.4 Å². The van der Waals surface area contributed by atoms with Gasteiger partial charge < -0.3 is 10.2 Å². The molecular weight excluding hydrogens is 292 g/mol. The zero-order chi connectivity index (χ0) is 15.8. The van der Waals surface area contributed by atoms with E-state index in [9.17, 15) is 9.59 Å². The molecule has 2 N–H and O–H groups in total. The van der Waals surface area contributed by atoms with E-state index in [0.717, 1.165) is 30.6 Å². The smallest absolute Gasteiger partial charge is 0.276 e. The SMILES string of the molecule is O=C(Nc1ccccc1N1CCCC1=O)c1cc(C2CC2)[nH]n1. The monoisotopic (exact) mass is 310 g/mol. The summed E-state index contributed by atoms with van der Waals surface area (Å²) < 4.78 is 0. The molecule has 0 atom stereocenters. The van der Waals surface area contributed by atoms with Crippen LogP contribution >= 0.6 is 0 Å². The van der Waals surface area contributed by atoms with Crippen LogP contribution in [0.15, 0.2) is 30.3 Å². The van der Waals surface area contributed by atoms with E-state index in [1.807, 2.05) is 30.3 Å². The lowest BCUT2D eigenvalue weighted by molar-refractivity contribution is -0.117. The molecule has 1 aliphatic heterocycles. The van der Waals surface area contributed by atoms with Crippen molar-refractivity contribution in [1.82, 2.24) is 10.2 Å². The van der Waals surface area contributed by atoms with Crippen molar-refractivity contribution in [3.05, 3.63) is 41.7 Å². The summed E-state index contributed by atoms with van der Waals surface area (Å²) in [6.07, 6.45) is 3.73. The first-order valence-electron chi connectivity index (χ1n) is 7.98. The maximum absolute atomic E-state index is 12.4. The van der Waals surface area contributed by atoms with Crippen molar-refractivity contribution in [2.75, 3.05) is 16.8 Å². The fourth-order valence-corrected chi connectivity index (χ4v) is 2.96. The molecule has 4 rings (SSSR count). The summed E-state index contributed by atoms with van der Waals surface area (Å²) in [5.74, 6) is 0.369. The number of anilines is 2. The molecule has 118 valence electrons. The first kappa shape index (κ1) is 14.0. The number of carbonyl (C=O) groups excluding carboxylic acids is 2. The lowest BCUT2D eigenvalue weighted by Gasteiger charge is -2.19. The van der Waals surface area contributed by atoms with E-state index in [1.165, 1.54) is 0 Å². The van der Waals surface area contributed by atoms with Gasteiger partial charge in [0, 0.05) is 24.6 Å². The van der Waals surface area contributed by atoms with Crippen LogP contribution in [0.2, 0.25) is 0 Å². The number of nitrogens with zero attached hydrogens (tertiary/aromatic N) is 2. The lowest BCUT2D eigenvalue weighted by Crippen LogP contribution is -2.25. The maximum Gasteiger partial charge on any atom is 0.276 e. The van der Waals surface area contributed by atoms with Crippen LogP contribution in [0.3, 0.4) is 0 Å². The van der Waals surface area contributed by atoms with Gasteiger partial charge in [-0.05, 0) is 37.5 Å². The highest BCUT2D eigenvalue weighted by Gasteiger charge is 2.27. The van der Waals surface area contributed by atoms with Crippen molar-refractivity contribution in [3.8, 4) is 0 Å². The minimum Gasteiger partial charge on any atom is -0.319 e. The van der Waals surface area contributed by atoms with Gasteiger partial charge in [-0.1, -0.05) is 12.1 Å². The van der Waals surface area contributed by atoms with Crippen molar-refractivity contribution in [3.63, 3.8) is 0 Å². The molecule has 1 aromatic heterocycles. The standard InChI is InChI=1S/C17H18N4O2/c22-16-6-3-9-21(16)15-5-2-1-4-12(15)18-17(23)14-10-13(19-20-14)11-7-8-11/h1-2,4-5,10-11H,3,6-9H2,(H,18,23)(H,19,20). The predicted octanol–water partition coefficient (Wildman–Crippen LogP) is 2.67. The Hall–Kier alpha value is -2.63. The molecule has 0 radical (unpaired) electrons. The van der Waals surface area contributed by atoms with E-state index < -0.39 is 0 Å². The van der Waals surface area contributed by atoms with Gasteiger partial charge in [-0.3, -0.25) is 14.7 Å². The summed E-state index contributed by atoms with van der Waals surface area (Å²) in [7, 11) is 0. The molecule has 1 saturated carbocycles. The molecule has 2 aliphatic rings. The molecule has 1 saturated heterocycles. The minimum absolute atomic E-state index is 0.0995. The molecule has 1 aliphatic carbocycles. The number of aromatic nitrogens is 2. The predicted molar refractivity (Wildman–Crippen MR) is 86.5 cm³/mol. The quantitative estimate of drug-likeness (QED) is 0.911. The van der Waals surface area contributed by atoms with Crippen LogP contribution < -0.4 is 10.2 Å². The molecule has 6 nitrogen and oxygen atoms in total. The van der Waals surface area contributed by atoms with Gasteiger partial charge in [-0.15, -0.1) is 0 Å². The second kappa shape index (κ2) is 5.53. The van der Waals surface area contributed by atoms with Crippen molar-refractivity contribution in [2.45, 2.75) is 31.6 Å². The number of amides is 2. The fraction of sp³-hybridized carbons (Fsp3) is 0.353. The largest absolute Gasteiger partial charge is 0.319 e. The van der Waals surface area contributed by atoms with Crippen LogP contribution in [0.5, 0.6) is 0 Å². The molecule has 0 unspecified atom stereocenters. The zero-order valence-corrected chi connectivity index (χ0v) is 12.7. The van der Waals surface area contributed by atoms with Gasteiger partial charge in [0.2, 0.25) is 5.91 Å². The molecule has 0 bridgehead atoms. The van der Waals surface area contributed by atoms with E-state index in [-0.39, 0.29) is 11.8 Å². The van der Waals surface area contributed by atoms with E-state index in [4.69, 9.17) is 0 Å². The van der Waals surface area contributed by atoms with Gasteiger partial charge in [0.1, 0.15) is 0 Å². The normalized spacial score (nSPS) is 17.6. The van der Waals surface area contributed by atoms with Crippen LogP contribution in [0.1, 0.15) is 47.8 Å². The number of nitrogens with one attached hydrogen (secondary N) is 2. The Labute approximate surface area is 133 Å². The molecule has 2 amide bonds. The maximum atomic E-state index is 12.4. The molecule has 0 spiro atoms. The Morgan fingerprint density at radius 2 is 2.13 bits per heavy atom. The van der Waals surface area contributed by atoms with Crippen LogP contribution in [-0.2, 0) is 4.79 Å². The molecule has 2 aromatic rings. The third kappa shape index (κ3) is 2.72. The third-order valence-electron chi connectivity index (χ3n) is 4.36. The lowest BCUT2D eigenvalue weighted by atomic mass is 10.2. The van der Waals surface area contributed by atoms with E-state index in [1.54, 1.807) is 4.90 Å². The number of hydrogen-bond acceptors (Lipinski definition) is 3. The number of rotatable bonds is 4. The first-order chi connectivity index (χ1) is 11.2. The summed E-state index contributed by atoms with van der Waals surface area (Å²) in [6.45, 7) is 0.694. The summed E-state index contributed by atoms with van der Waals surface area (Å²) in [5, 5.41) is 9.92. The Kier molecular flexibility index (Phi) is 3.37. The van der Waals surface area contributed by atoms with Gasteiger partial charge in [-0.25, -0.2) is 0 Å². The second-order valence-corrected chi connectivity index (χ2v) is 6.10. The highest BCUT2D eigenvalue weighted by molar-refractivity contribution is 6.07. The van der Waals surface area contributed by atoms with Crippen molar-refractivity contribution >= 4 is 23.2 Å². The van der Waals surface area contributed by atoms with Gasteiger partial charge in [-0.2, -0.15) is 5.10 Å². The van der Waals surface area contributed by atoms with Crippen molar-refractivity contribution in [1.29, 1.82) is 0 Å². The summed E-state index contributed by atoms with van der Waals surface area (Å²) in [4.78, 5) is 26.1. The van der Waals surface area contributed by atoms with Crippen molar-refractivity contribution in [2.24, 2.45) is 0 Å². The van der Waals surface area contributed by atoms with Gasteiger partial charge in [0.25, 0.3) is 5.91 Å². The van der Waals surface area contributed by atoms with Crippen LogP contribution in [0, 0.1) is 0 Å². The van der Waals surface area contributed by atoms with Gasteiger partial charge >= 0.3 is 0 Å². The van der Waals surface area contributed by atoms with Crippen molar-refractivity contribution < 1.29 is 9.59 Å². The summed E-state index contributed by atoms with van der Waals surface area (Å²) in [5.41, 5.74) is 2.80. The van der Waals surface area contributed by atoms with Gasteiger partial charge in [0.15, 0.2) is 5.69 Å². The zero-order valence-electron chi connectivity index (χ0n) is 12.7. The molecule has 6 heteroatoms. The highest BCUT2D eigenvalue weighted by atomic mass is 16.2. The first-order valence-corrected chi connectivity index (χ1v) is 7.98.